The van der Waals surface area contributed by atoms with E-state index < -0.39 is 0 Å². The maximum atomic E-state index is 6.18. The molecule has 0 radical (unpaired) electrons. The highest BCUT2D eigenvalue weighted by atomic mass is 16.5. The molecule has 1 aromatic rings. The maximum Gasteiger partial charge on any atom is 0.147 e. The van der Waals surface area contributed by atoms with E-state index in [1.165, 1.54) is 6.42 Å². The molecule has 0 aromatic carbocycles. The Morgan fingerprint density at radius 1 is 1.50 bits per heavy atom. The Hall–Kier alpha value is -0.980. The van der Waals surface area contributed by atoms with Crippen molar-refractivity contribution in [2.24, 2.45) is 5.73 Å². The molecule has 2 unspecified atom stereocenters. The van der Waals surface area contributed by atoms with Crippen LogP contribution in [0.15, 0.2) is 6.33 Å². The third-order valence-corrected chi connectivity index (χ3v) is 4.83. The summed E-state index contributed by atoms with van der Waals surface area (Å²) in [6.45, 7) is 6.59. The van der Waals surface area contributed by atoms with Gasteiger partial charge in [-0.3, -0.25) is 4.90 Å². The molecule has 6 heteroatoms. The number of aromatic nitrogens is 3. The van der Waals surface area contributed by atoms with E-state index in [9.17, 15) is 0 Å². The molecular formula is C14H25N5O. The highest BCUT2D eigenvalue weighted by Crippen LogP contribution is 2.34. The summed E-state index contributed by atoms with van der Waals surface area (Å²) in [4.78, 5) is 2.52. The van der Waals surface area contributed by atoms with Crippen molar-refractivity contribution in [3.8, 4) is 0 Å². The van der Waals surface area contributed by atoms with Crippen LogP contribution in [-0.4, -0.2) is 51.0 Å². The van der Waals surface area contributed by atoms with E-state index in [2.05, 4.69) is 26.6 Å². The van der Waals surface area contributed by atoms with Crippen molar-refractivity contribution >= 4 is 0 Å². The molecule has 0 amide bonds. The lowest BCUT2D eigenvalue weighted by molar-refractivity contribution is -0.0814. The molecule has 2 aliphatic heterocycles. The smallest absolute Gasteiger partial charge is 0.147 e. The van der Waals surface area contributed by atoms with E-state index in [1.54, 1.807) is 0 Å². The summed E-state index contributed by atoms with van der Waals surface area (Å²) in [5.74, 6) is 1.06. The molecule has 1 saturated heterocycles. The lowest BCUT2D eigenvalue weighted by Gasteiger charge is -2.49. The number of nitrogens with two attached hydrogens (primary N) is 1. The van der Waals surface area contributed by atoms with Gasteiger partial charge in [0.1, 0.15) is 12.2 Å². The zero-order valence-corrected chi connectivity index (χ0v) is 12.3. The Morgan fingerprint density at radius 3 is 3.20 bits per heavy atom. The second-order valence-electron chi connectivity index (χ2n) is 6.03. The van der Waals surface area contributed by atoms with Gasteiger partial charge in [0.25, 0.3) is 0 Å². The van der Waals surface area contributed by atoms with Crippen molar-refractivity contribution in [1.29, 1.82) is 0 Å². The molecule has 3 heterocycles. The monoisotopic (exact) mass is 279 g/mol. The number of hydrogen-bond donors (Lipinski definition) is 1. The zero-order valence-electron chi connectivity index (χ0n) is 12.3. The number of rotatable bonds is 4. The summed E-state index contributed by atoms with van der Waals surface area (Å²) in [6.07, 6.45) is 6.55. The quantitative estimate of drug-likeness (QED) is 0.881. The molecule has 2 aliphatic rings. The van der Waals surface area contributed by atoms with Gasteiger partial charge in [-0.05, 0) is 19.3 Å². The number of ether oxygens (including phenoxy) is 1. The average Bonchev–Trinajstić information content (AvgIpc) is 2.95. The van der Waals surface area contributed by atoms with Crippen molar-refractivity contribution in [3.05, 3.63) is 12.2 Å². The molecule has 2 N–H and O–H groups in total. The van der Waals surface area contributed by atoms with Crippen LogP contribution in [0.5, 0.6) is 0 Å². The first-order valence-corrected chi connectivity index (χ1v) is 7.71. The van der Waals surface area contributed by atoms with Crippen LogP contribution in [0.1, 0.15) is 38.4 Å². The van der Waals surface area contributed by atoms with Crippen LogP contribution in [0, 0.1) is 0 Å². The van der Waals surface area contributed by atoms with Crippen LogP contribution in [0.4, 0.5) is 0 Å². The topological polar surface area (TPSA) is 69.2 Å². The van der Waals surface area contributed by atoms with Gasteiger partial charge in [0.15, 0.2) is 0 Å². The van der Waals surface area contributed by atoms with Crippen molar-refractivity contribution < 1.29 is 4.74 Å². The Morgan fingerprint density at radius 2 is 2.40 bits per heavy atom. The second kappa shape index (κ2) is 5.79. The molecule has 1 aromatic heterocycles. The number of hydrogen-bond acceptors (Lipinski definition) is 5. The SMILES string of the molecule is CCCC1CC(CN)(N2CCn3cnnc3C2)CCO1. The summed E-state index contributed by atoms with van der Waals surface area (Å²) in [5.41, 5.74) is 6.26. The molecule has 20 heavy (non-hydrogen) atoms. The standard InChI is InChI=1S/C14H25N5O/c1-2-3-12-8-14(10-15,4-7-20-12)19-6-5-18-11-16-17-13(18)9-19/h11-12H,2-10,15H2,1H3. The second-order valence-corrected chi connectivity index (χ2v) is 6.03. The first kappa shape index (κ1) is 14.0. The minimum atomic E-state index is 0.0787. The first-order valence-electron chi connectivity index (χ1n) is 7.71. The van der Waals surface area contributed by atoms with Gasteiger partial charge in [-0.25, -0.2) is 0 Å². The summed E-state index contributed by atoms with van der Waals surface area (Å²) in [6, 6.07) is 0. The van der Waals surface area contributed by atoms with Gasteiger partial charge < -0.3 is 15.0 Å². The van der Waals surface area contributed by atoms with Gasteiger partial charge in [-0.1, -0.05) is 13.3 Å². The number of nitrogens with zero attached hydrogens (tertiary/aromatic N) is 4. The molecule has 0 aliphatic carbocycles. The van der Waals surface area contributed by atoms with Crippen molar-refractivity contribution in [2.75, 3.05) is 19.7 Å². The van der Waals surface area contributed by atoms with E-state index in [4.69, 9.17) is 10.5 Å². The van der Waals surface area contributed by atoms with Crippen LogP contribution in [0.3, 0.4) is 0 Å². The van der Waals surface area contributed by atoms with E-state index in [0.717, 1.165) is 51.3 Å². The summed E-state index contributed by atoms with van der Waals surface area (Å²) < 4.78 is 8.05. The largest absolute Gasteiger partial charge is 0.378 e. The van der Waals surface area contributed by atoms with Gasteiger partial charge in [0.2, 0.25) is 0 Å². The van der Waals surface area contributed by atoms with Crippen LogP contribution in [0.25, 0.3) is 0 Å². The minimum Gasteiger partial charge on any atom is -0.378 e. The molecule has 2 atom stereocenters. The van der Waals surface area contributed by atoms with Crippen molar-refractivity contribution in [3.63, 3.8) is 0 Å². The molecule has 1 fully saturated rings. The van der Waals surface area contributed by atoms with E-state index in [-0.39, 0.29) is 5.54 Å². The highest BCUT2D eigenvalue weighted by Gasteiger charge is 2.42. The summed E-state index contributed by atoms with van der Waals surface area (Å²) in [7, 11) is 0. The van der Waals surface area contributed by atoms with Crippen molar-refractivity contribution in [1.82, 2.24) is 19.7 Å². The lowest BCUT2D eigenvalue weighted by Crippen LogP contribution is -2.60. The van der Waals surface area contributed by atoms with Crippen LogP contribution < -0.4 is 5.73 Å². The Kier molecular flexibility index (Phi) is 4.05. The molecule has 6 nitrogen and oxygen atoms in total. The zero-order chi connectivity index (χ0) is 14.0. The van der Waals surface area contributed by atoms with Gasteiger partial charge in [-0.2, -0.15) is 0 Å². The molecule has 3 rings (SSSR count). The van der Waals surface area contributed by atoms with E-state index >= 15 is 0 Å². The van der Waals surface area contributed by atoms with Gasteiger partial charge in [-0.15, -0.1) is 10.2 Å². The number of fused-ring (bicyclic) bond motifs is 1. The van der Waals surface area contributed by atoms with Crippen LogP contribution >= 0.6 is 0 Å². The van der Waals surface area contributed by atoms with Gasteiger partial charge in [0.05, 0.1) is 12.6 Å². The molecule has 0 saturated carbocycles. The summed E-state index contributed by atoms with van der Waals surface area (Å²) >= 11 is 0. The normalized spacial score (nSPS) is 31.2. The minimum absolute atomic E-state index is 0.0787. The third kappa shape index (κ3) is 2.47. The molecular weight excluding hydrogens is 254 g/mol. The lowest BCUT2D eigenvalue weighted by atomic mass is 9.83. The van der Waals surface area contributed by atoms with E-state index in [0.29, 0.717) is 12.6 Å². The predicted octanol–water partition coefficient (Wildman–Crippen LogP) is 0.770. The van der Waals surface area contributed by atoms with Crippen LogP contribution in [0.2, 0.25) is 0 Å². The summed E-state index contributed by atoms with van der Waals surface area (Å²) in [5, 5.41) is 8.23. The molecule has 0 spiro atoms. The fraction of sp³-hybridized carbons (Fsp3) is 0.857. The average molecular weight is 279 g/mol. The fourth-order valence-corrected chi connectivity index (χ4v) is 3.58. The fourth-order valence-electron chi connectivity index (χ4n) is 3.58. The van der Waals surface area contributed by atoms with Gasteiger partial charge in [0, 0.05) is 31.8 Å². The Bertz CT molecular complexity index is 447. The Balaban J connectivity index is 1.75. The highest BCUT2D eigenvalue weighted by molar-refractivity contribution is 5.01. The molecule has 0 bridgehead atoms. The van der Waals surface area contributed by atoms with E-state index in [1.807, 2.05) is 6.33 Å². The van der Waals surface area contributed by atoms with Gasteiger partial charge >= 0.3 is 0 Å². The molecule has 112 valence electrons. The van der Waals surface area contributed by atoms with Crippen molar-refractivity contribution in [2.45, 2.75) is 57.3 Å². The first-order chi connectivity index (χ1) is 9.77. The van der Waals surface area contributed by atoms with Crippen LogP contribution in [-0.2, 0) is 17.8 Å². The third-order valence-electron chi connectivity index (χ3n) is 4.83. The Labute approximate surface area is 120 Å². The predicted molar refractivity (Wildman–Crippen MR) is 76.1 cm³/mol. The maximum absolute atomic E-state index is 6.18.